The maximum atomic E-state index is 13.0. The van der Waals surface area contributed by atoms with Crippen LogP contribution in [0.25, 0.3) is 0 Å². The third kappa shape index (κ3) is 3.88. The van der Waals surface area contributed by atoms with Crippen LogP contribution >= 0.6 is 0 Å². The zero-order valence-corrected chi connectivity index (χ0v) is 18.5. The van der Waals surface area contributed by atoms with Crippen LogP contribution in [0, 0.1) is 32.6 Å². The zero-order valence-electron chi connectivity index (χ0n) is 18.5. The summed E-state index contributed by atoms with van der Waals surface area (Å²) in [4.78, 5) is 29.4. The van der Waals surface area contributed by atoms with Gasteiger partial charge in [-0.3, -0.25) is 9.59 Å². The van der Waals surface area contributed by atoms with Gasteiger partial charge >= 0.3 is 0 Å². The minimum absolute atomic E-state index is 0.0749. The van der Waals surface area contributed by atoms with Crippen LogP contribution in [0.1, 0.15) is 47.2 Å². The van der Waals surface area contributed by atoms with Crippen LogP contribution in [0.15, 0.2) is 42.5 Å². The fourth-order valence-electron chi connectivity index (χ4n) is 5.42. The van der Waals surface area contributed by atoms with E-state index in [-0.39, 0.29) is 17.9 Å². The normalized spacial score (nSPS) is 23.0. The number of aryl methyl sites for hydroxylation is 4. The Morgan fingerprint density at radius 3 is 2.43 bits per heavy atom. The Labute approximate surface area is 179 Å². The highest BCUT2D eigenvalue weighted by Crippen LogP contribution is 2.45. The third-order valence-electron chi connectivity index (χ3n) is 7.03. The van der Waals surface area contributed by atoms with E-state index >= 15 is 0 Å². The first-order chi connectivity index (χ1) is 14.3. The van der Waals surface area contributed by atoms with Crippen molar-refractivity contribution in [1.82, 2.24) is 9.80 Å². The Morgan fingerprint density at radius 2 is 1.73 bits per heavy atom. The zero-order chi connectivity index (χ0) is 21.4. The third-order valence-corrected chi connectivity index (χ3v) is 7.03. The lowest BCUT2D eigenvalue weighted by atomic mass is 9.87. The summed E-state index contributed by atoms with van der Waals surface area (Å²) in [6.07, 6.45) is 1.34. The smallest absolute Gasteiger partial charge is 0.222 e. The van der Waals surface area contributed by atoms with Crippen molar-refractivity contribution in [2.75, 3.05) is 19.6 Å². The Bertz CT molecular complexity index is 967. The lowest BCUT2D eigenvalue weighted by Crippen LogP contribution is -2.36. The summed E-state index contributed by atoms with van der Waals surface area (Å²) >= 11 is 0. The fourth-order valence-corrected chi connectivity index (χ4v) is 5.42. The molecule has 0 saturated carbocycles. The minimum atomic E-state index is 0.0749. The second-order valence-electron chi connectivity index (χ2n) is 9.13. The van der Waals surface area contributed by atoms with Gasteiger partial charge in [0.1, 0.15) is 0 Å². The van der Waals surface area contributed by atoms with Gasteiger partial charge in [0, 0.05) is 44.8 Å². The molecule has 2 amide bonds. The van der Waals surface area contributed by atoms with Gasteiger partial charge < -0.3 is 9.80 Å². The minimum Gasteiger partial charge on any atom is -0.342 e. The van der Waals surface area contributed by atoms with Crippen molar-refractivity contribution in [2.24, 2.45) is 11.8 Å². The molecular weight excluding hydrogens is 372 g/mol. The quantitative estimate of drug-likeness (QED) is 0.765. The fraction of sp³-hybridized carbons (Fsp3) is 0.462. The van der Waals surface area contributed by atoms with Crippen molar-refractivity contribution in [3.05, 3.63) is 70.3 Å². The monoisotopic (exact) mass is 404 g/mol. The second-order valence-corrected chi connectivity index (χ2v) is 9.13. The van der Waals surface area contributed by atoms with E-state index in [2.05, 4.69) is 57.2 Å². The summed E-state index contributed by atoms with van der Waals surface area (Å²) in [5, 5.41) is 0. The highest BCUT2D eigenvalue weighted by molar-refractivity contribution is 5.77. The lowest BCUT2D eigenvalue weighted by Gasteiger charge is -2.30. The summed E-state index contributed by atoms with van der Waals surface area (Å²) in [7, 11) is 0. The topological polar surface area (TPSA) is 40.6 Å². The summed E-state index contributed by atoms with van der Waals surface area (Å²) < 4.78 is 0. The van der Waals surface area contributed by atoms with Crippen LogP contribution in [-0.4, -0.2) is 41.2 Å². The first-order valence-corrected chi connectivity index (χ1v) is 11.0. The average molecular weight is 405 g/mol. The maximum absolute atomic E-state index is 13.0. The molecule has 3 atom stereocenters. The molecule has 0 unspecified atom stereocenters. The summed E-state index contributed by atoms with van der Waals surface area (Å²) in [6.45, 7) is 10.3. The average Bonchev–Trinajstić information content (AvgIpc) is 3.26. The molecule has 4 rings (SSSR count). The lowest BCUT2D eigenvalue weighted by molar-refractivity contribution is -0.131. The van der Waals surface area contributed by atoms with E-state index in [1.165, 1.54) is 27.8 Å². The first kappa shape index (κ1) is 20.6. The van der Waals surface area contributed by atoms with Crippen LogP contribution < -0.4 is 0 Å². The summed E-state index contributed by atoms with van der Waals surface area (Å²) in [5.74, 6) is 1.05. The highest BCUT2D eigenvalue weighted by atomic mass is 16.2. The highest BCUT2D eigenvalue weighted by Gasteiger charge is 2.49. The molecule has 158 valence electrons. The van der Waals surface area contributed by atoms with Crippen molar-refractivity contribution in [3.8, 4) is 0 Å². The van der Waals surface area contributed by atoms with Gasteiger partial charge in [-0.2, -0.15) is 0 Å². The molecule has 30 heavy (non-hydrogen) atoms. The van der Waals surface area contributed by atoms with Crippen LogP contribution in [0.4, 0.5) is 0 Å². The van der Waals surface area contributed by atoms with E-state index in [0.717, 1.165) is 26.1 Å². The van der Waals surface area contributed by atoms with E-state index in [9.17, 15) is 9.59 Å². The predicted molar refractivity (Wildman–Crippen MR) is 119 cm³/mol. The molecule has 0 bridgehead atoms. The van der Waals surface area contributed by atoms with Gasteiger partial charge in [0.25, 0.3) is 0 Å². The first-order valence-electron chi connectivity index (χ1n) is 11.0. The van der Waals surface area contributed by atoms with Crippen molar-refractivity contribution in [3.63, 3.8) is 0 Å². The molecule has 2 aromatic rings. The number of amides is 2. The molecule has 4 heteroatoms. The Kier molecular flexibility index (Phi) is 5.68. The summed E-state index contributed by atoms with van der Waals surface area (Å²) in [6, 6.07) is 14.9. The molecule has 2 heterocycles. The molecule has 0 aromatic heterocycles. The van der Waals surface area contributed by atoms with Gasteiger partial charge in [-0.15, -0.1) is 0 Å². The molecule has 0 radical (unpaired) electrons. The molecular formula is C26H32N2O2. The van der Waals surface area contributed by atoms with Gasteiger partial charge in [-0.1, -0.05) is 48.0 Å². The number of likely N-dealkylation sites (tertiary alicyclic amines) is 2. The Balaban J connectivity index is 1.46. The summed E-state index contributed by atoms with van der Waals surface area (Å²) in [5.41, 5.74) is 6.22. The van der Waals surface area contributed by atoms with E-state index in [0.29, 0.717) is 18.3 Å². The van der Waals surface area contributed by atoms with E-state index in [4.69, 9.17) is 0 Å². The molecule has 2 saturated heterocycles. The molecule has 2 aromatic carbocycles. The number of hydrogen-bond acceptors (Lipinski definition) is 2. The molecule has 2 aliphatic heterocycles. The number of carbonyl (C=O) groups is 2. The van der Waals surface area contributed by atoms with Gasteiger partial charge in [-0.25, -0.2) is 0 Å². The van der Waals surface area contributed by atoms with Crippen LogP contribution in [0.5, 0.6) is 0 Å². The number of fused-ring (bicyclic) bond motifs is 1. The molecule has 4 nitrogen and oxygen atoms in total. The van der Waals surface area contributed by atoms with Crippen molar-refractivity contribution in [2.45, 2.75) is 46.6 Å². The van der Waals surface area contributed by atoms with Crippen LogP contribution in [0.3, 0.4) is 0 Å². The van der Waals surface area contributed by atoms with Crippen molar-refractivity contribution < 1.29 is 9.59 Å². The molecule has 0 spiro atoms. The van der Waals surface area contributed by atoms with E-state index in [1.54, 1.807) is 6.92 Å². The van der Waals surface area contributed by atoms with E-state index in [1.807, 2.05) is 15.9 Å². The number of hydrogen-bond donors (Lipinski definition) is 0. The van der Waals surface area contributed by atoms with Gasteiger partial charge in [0.05, 0.1) is 6.04 Å². The maximum Gasteiger partial charge on any atom is 0.222 e. The van der Waals surface area contributed by atoms with Gasteiger partial charge in [0.15, 0.2) is 0 Å². The second kappa shape index (κ2) is 8.25. The number of benzene rings is 2. The number of nitrogens with zero attached hydrogens (tertiary/aromatic N) is 2. The molecule has 2 fully saturated rings. The predicted octanol–water partition coefficient (Wildman–Crippen LogP) is 4.22. The van der Waals surface area contributed by atoms with Crippen LogP contribution in [0.2, 0.25) is 0 Å². The van der Waals surface area contributed by atoms with E-state index < -0.39 is 0 Å². The van der Waals surface area contributed by atoms with Crippen molar-refractivity contribution >= 4 is 11.8 Å². The molecule has 0 N–H and O–H groups in total. The standard InChI is InChI=1S/C26H32N2O2/c1-17-9-10-21(19(3)13-17)11-12-25(30)27-14-22-15-28(20(4)29)26(24(22)16-27)23-8-6-5-7-18(23)2/h5-10,13,22,24,26H,11-12,14-16H2,1-4H3/t22-,24-,26+/m1/s1. The van der Waals surface area contributed by atoms with Gasteiger partial charge in [-0.05, 0) is 49.4 Å². The Morgan fingerprint density at radius 1 is 0.967 bits per heavy atom. The molecule has 0 aliphatic carbocycles. The van der Waals surface area contributed by atoms with Gasteiger partial charge in [0.2, 0.25) is 11.8 Å². The van der Waals surface area contributed by atoms with Crippen molar-refractivity contribution in [1.29, 1.82) is 0 Å². The molecule has 2 aliphatic rings. The SMILES string of the molecule is CC(=O)N1C[C@H]2CN(C(=O)CCc3ccc(C)cc3C)C[C@H]2[C@@H]1c1ccccc1C. The Hall–Kier alpha value is -2.62. The number of rotatable bonds is 4. The van der Waals surface area contributed by atoms with Crippen LogP contribution in [-0.2, 0) is 16.0 Å². The largest absolute Gasteiger partial charge is 0.342 e. The number of carbonyl (C=O) groups excluding carboxylic acids is 2.